The lowest BCUT2D eigenvalue weighted by Gasteiger charge is -2.34. The molecule has 1 amide bonds. The molecule has 1 aromatic carbocycles. The van der Waals surface area contributed by atoms with E-state index in [4.69, 9.17) is 0 Å². The summed E-state index contributed by atoms with van der Waals surface area (Å²) in [5.41, 5.74) is 1.73. The monoisotopic (exact) mass is 337 g/mol. The number of nitrogens with one attached hydrogen (secondary N) is 1. The molecular formula is C19H23N5O. The first-order valence-electron chi connectivity index (χ1n) is 8.48. The average Bonchev–Trinajstić information content (AvgIpc) is 2.67. The number of hydrogen-bond donors (Lipinski definition) is 1. The van der Waals surface area contributed by atoms with E-state index in [1.165, 1.54) is 11.9 Å². The number of rotatable bonds is 6. The molecule has 2 heterocycles. The fraction of sp³-hybridized carbons (Fsp3) is 0.316. The summed E-state index contributed by atoms with van der Waals surface area (Å²) in [5, 5.41) is 3.08. The van der Waals surface area contributed by atoms with Gasteiger partial charge in [-0.2, -0.15) is 0 Å². The van der Waals surface area contributed by atoms with E-state index < -0.39 is 0 Å². The van der Waals surface area contributed by atoms with Crippen LogP contribution in [0.3, 0.4) is 0 Å². The molecule has 0 aliphatic carbocycles. The Bertz CT molecular complexity index is 711. The normalized spacial score (nSPS) is 15.0. The number of aromatic nitrogens is 2. The molecule has 25 heavy (non-hydrogen) atoms. The molecule has 6 nitrogen and oxygen atoms in total. The molecule has 0 bridgehead atoms. The molecule has 1 aliphatic rings. The second-order valence-corrected chi connectivity index (χ2v) is 6.01. The topological polar surface area (TPSA) is 61.4 Å². The number of benzene rings is 1. The Balaban J connectivity index is 1.55. The van der Waals surface area contributed by atoms with E-state index in [9.17, 15) is 4.79 Å². The van der Waals surface area contributed by atoms with Crippen molar-refractivity contribution in [1.29, 1.82) is 0 Å². The van der Waals surface area contributed by atoms with Crippen molar-refractivity contribution in [2.75, 3.05) is 38.0 Å². The van der Waals surface area contributed by atoms with Gasteiger partial charge in [-0.05, 0) is 5.56 Å². The number of nitrogens with zero attached hydrogens (tertiary/aromatic N) is 4. The molecule has 1 aliphatic heterocycles. The van der Waals surface area contributed by atoms with Gasteiger partial charge in [-0.15, -0.1) is 6.58 Å². The van der Waals surface area contributed by atoms with Crippen LogP contribution < -0.4 is 5.32 Å². The highest BCUT2D eigenvalue weighted by Crippen LogP contribution is 2.12. The lowest BCUT2D eigenvalue weighted by Crippen LogP contribution is -2.48. The van der Waals surface area contributed by atoms with Gasteiger partial charge < -0.3 is 10.2 Å². The average molecular weight is 337 g/mol. The Kier molecular flexibility index (Phi) is 5.74. The van der Waals surface area contributed by atoms with Gasteiger partial charge >= 0.3 is 0 Å². The molecule has 0 spiro atoms. The summed E-state index contributed by atoms with van der Waals surface area (Å²) in [6.07, 6.45) is 3.17. The number of piperazine rings is 1. The van der Waals surface area contributed by atoms with Crippen molar-refractivity contribution in [3.63, 3.8) is 0 Å². The van der Waals surface area contributed by atoms with Gasteiger partial charge in [0.2, 0.25) is 0 Å². The Labute approximate surface area is 148 Å². The predicted molar refractivity (Wildman–Crippen MR) is 98.3 cm³/mol. The molecule has 6 heteroatoms. The maximum Gasteiger partial charge on any atom is 0.272 e. The quantitative estimate of drug-likeness (QED) is 0.817. The summed E-state index contributed by atoms with van der Waals surface area (Å²) < 4.78 is 0. The van der Waals surface area contributed by atoms with Crippen molar-refractivity contribution in [3.05, 3.63) is 66.6 Å². The Morgan fingerprint density at radius 2 is 1.92 bits per heavy atom. The van der Waals surface area contributed by atoms with E-state index >= 15 is 0 Å². The van der Waals surface area contributed by atoms with Crippen LogP contribution in [-0.4, -0.2) is 58.4 Å². The van der Waals surface area contributed by atoms with Gasteiger partial charge in [0.25, 0.3) is 5.91 Å². The van der Waals surface area contributed by atoms with Crippen LogP contribution in [0.15, 0.2) is 55.4 Å². The van der Waals surface area contributed by atoms with Gasteiger partial charge in [-0.1, -0.05) is 36.4 Å². The number of amides is 1. The predicted octanol–water partition coefficient (Wildman–Crippen LogP) is 2.03. The van der Waals surface area contributed by atoms with Gasteiger partial charge in [0.1, 0.15) is 17.8 Å². The number of anilines is 1. The Hall–Kier alpha value is -2.73. The summed E-state index contributed by atoms with van der Waals surface area (Å²) >= 11 is 0. The van der Waals surface area contributed by atoms with Crippen LogP contribution in [0.2, 0.25) is 0 Å². The molecular weight excluding hydrogens is 314 g/mol. The summed E-state index contributed by atoms with van der Waals surface area (Å²) in [6, 6.07) is 12.1. The maximum absolute atomic E-state index is 12.7. The van der Waals surface area contributed by atoms with Crippen molar-refractivity contribution in [1.82, 2.24) is 19.8 Å². The van der Waals surface area contributed by atoms with Crippen LogP contribution in [-0.2, 0) is 6.54 Å². The van der Waals surface area contributed by atoms with Crippen LogP contribution >= 0.6 is 0 Å². The van der Waals surface area contributed by atoms with Crippen LogP contribution in [0.1, 0.15) is 16.1 Å². The fourth-order valence-electron chi connectivity index (χ4n) is 2.86. The minimum atomic E-state index is -0.0385. The van der Waals surface area contributed by atoms with Gasteiger partial charge in [-0.3, -0.25) is 9.69 Å². The van der Waals surface area contributed by atoms with Crippen molar-refractivity contribution in [2.45, 2.75) is 6.54 Å². The summed E-state index contributed by atoms with van der Waals surface area (Å²) in [7, 11) is 0. The van der Waals surface area contributed by atoms with Crippen molar-refractivity contribution in [3.8, 4) is 0 Å². The first-order chi connectivity index (χ1) is 12.3. The molecule has 1 fully saturated rings. The Morgan fingerprint density at radius 1 is 1.16 bits per heavy atom. The van der Waals surface area contributed by atoms with E-state index in [1.807, 2.05) is 11.0 Å². The molecule has 2 aromatic rings. The molecule has 0 atom stereocenters. The van der Waals surface area contributed by atoms with E-state index in [0.717, 1.165) is 19.6 Å². The van der Waals surface area contributed by atoms with Gasteiger partial charge in [0.05, 0.1) is 0 Å². The van der Waals surface area contributed by atoms with Gasteiger partial charge in [-0.25, -0.2) is 9.97 Å². The molecule has 130 valence electrons. The second kappa shape index (κ2) is 8.39. The zero-order valence-electron chi connectivity index (χ0n) is 14.3. The third-order valence-corrected chi connectivity index (χ3v) is 4.22. The largest absolute Gasteiger partial charge is 0.366 e. The minimum absolute atomic E-state index is 0.0385. The highest BCUT2D eigenvalue weighted by Gasteiger charge is 2.23. The Morgan fingerprint density at radius 3 is 2.64 bits per heavy atom. The molecule has 1 saturated heterocycles. The summed E-state index contributed by atoms with van der Waals surface area (Å²) in [4.78, 5) is 25.1. The van der Waals surface area contributed by atoms with Crippen LogP contribution in [0.25, 0.3) is 0 Å². The maximum atomic E-state index is 12.7. The van der Waals surface area contributed by atoms with Gasteiger partial charge in [0, 0.05) is 45.3 Å². The van der Waals surface area contributed by atoms with Gasteiger partial charge in [0.15, 0.2) is 0 Å². The zero-order chi connectivity index (χ0) is 17.5. The van der Waals surface area contributed by atoms with Crippen molar-refractivity contribution in [2.24, 2.45) is 0 Å². The highest BCUT2D eigenvalue weighted by molar-refractivity contribution is 5.93. The molecule has 0 unspecified atom stereocenters. The third kappa shape index (κ3) is 4.64. The standard InChI is InChI=1S/C19H23N5O/c1-2-8-20-18-13-17(21-15-22-18)19(25)24-11-9-23(10-12-24)14-16-6-4-3-5-7-16/h2-7,13,15H,1,8-12,14H2,(H,20,21,22). The second-order valence-electron chi connectivity index (χ2n) is 6.01. The summed E-state index contributed by atoms with van der Waals surface area (Å²) in [5.74, 6) is 0.601. The van der Waals surface area contributed by atoms with Crippen LogP contribution in [0, 0.1) is 0 Å². The molecule has 1 N–H and O–H groups in total. The molecule has 1 aromatic heterocycles. The summed E-state index contributed by atoms with van der Waals surface area (Å²) in [6.45, 7) is 8.34. The van der Waals surface area contributed by atoms with Crippen LogP contribution in [0.5, 0.6) is 0 Å². The zero-order valence-corrected chi connectivity index (χ0v) is 14.3. The van der Waals surface area contributed by atoms with Crippen molar-refractivity contribution >= 4 is 11.7 Å². The van der Waals surface area contributed by atoms with E-state index in [2.05, 4.69) is 51.0 Å². The molecule has 0 saturated carbocycles. The smallest absolute Gasteiger partial charge is 0.272 e. The SMILES string of the molecule is C=CCNc1cc(C(=O)N2CCN(Cc3ccccc3)CC2)ncn1. The lowest BCUT2D eigenvalue weighted by atomic mass is 10.2. The third-order valence-electron chi connectivity index (χ3n) is 4.22. The van der Waals surface area contributed by atoms with E-state index in [0.29, 0.717) is 31.1 Å². The van der Waals surface area contributed by atoms with Crippen LogP contribution in [0.4, 0.5) is 5.82 Å². The number of hydrogen-bond acceptors (Lipinski definition) is 5. The number of carbonyl (C=O) groups is 1. The van der Waals surface area contributed by atoms with E-state index in [1.54, 1.807) is 12.1 Å². The first kappa shape index (κ1) is 17.1. The first-order valence-corrected chi connectivity index (χ1v) is 8.48. The number of carbonyl (C=O) groups excluding carboxylic acids is 1. The van der Waals surface area contributed by atoms with Crippen molar-refractivity contribution < 1.29 is 4.79 Å². The minimum Gasteiger partial charge on any atom is -0.366 e. The molecule has 0 radical (unpaired) electrons. The fourth-order valence-corrected chi connectivity index (χ4v) is 2.86. The molecule has 3 rings (SSSR count). The lowest BCUT2D eigenvalue weighted by molar-refractivity contribution is 0.0622. The van der Waals surface area contributed by atoms with E-state index in [-0.39, 0.29) is 5.91 Å². The highest BCUT2D eigenvalue weighted by atomic mass is 16.2.